The van der Waals surface area contributed by atoms with Crippen molar-refractivity contribution in [3.8, 4) is 0 Å². The van der Waals surface area contributed by atoms with E-state index in [0.717, 1.165) is 83.5 Å². The van der Waals surface area contributed by atoms with Crippen LogP contribution >= 0.6 is 0 Å². The minimum atomic E-state index is -0.857. The average Bonchev–Trinajstić information content (AvgIpc) is 3.35. The molecule has 1 atom stereocenters. The van der Waals surface area contributed by atoms with E-state index in [9.17, 15) is 14.4 Å². The van der Waals surface area contributed by atoms with Crippen LogP contribution in [-0.2, 0) is 28.6 Å². The Bertz CT molecular complexity index is 1560. The second kappa shape index (κ2) is 55.9. The Balaban J connectivity index is 4.67. The molecule has 386 valence electrons. The maximum atomic E-state index is 12.8. The molecule has 6 heteroatoms. The van der Waals surface area contributed by atoms with Crippen LogP contribution in [0.15, 0.2) is 146 Å². The second-order valence-electron chi connectivity index (χ2n) is 17.4. The van der Waals surface area contributed by atoms with E-state index in [0.29, 0.717) is 19.3 Å². The van der Waals surface area contributed by atoms with Crippen LogP contribution in [0.1, 0.15) is 213 Å². The predicted molar refractivity (Wildman–Crippen MR) is 297 cm³/mol. The summed E-state index contributed by atoms with van der Waals surface area (Å²) in [6, 6.07) is 0. The zero-order chi connectivity index (χ0) is 50.0. The highest BCUT2D eigenvalue weighted by Gasteiger charge is 2.19. The third-order valence-electron chi connectivity index (χ3n) is 10.8. The van der Waals surface area contributed by atoms with Gasteiger partial charge in [-0.05, 0) is 128 Å². The van der Waals surface area contributed by atoms with Crippen molar-refractivity contribution in [2.45, 2.75) is 219 Å². The summed E-state index contributed by atoms with van der Waals surface area (Å²) in [6.45, 7) is 6.33. The van der Waals surface area contributed by atoms with Crippen LogP contribution in [-0.4, -0.2) is 37.2 Å². The molecule has 0 aliphatic rings. The lowest BCUT2D eigenvalue weighted by molar-refractivity contribution is -0.166. The molecule has 0 saturated carbocycles. The van der Waals surface area contributed by atoms with Gasteiger partial charge in [0.05, 0.1) is 0 Å². The van der Waals surface area contributed by atoms with E-state index in [1.807, 2.05) is 12.2 Å². The van der Waals surface area contributed by atoms with Crippen LogP contribution in [0.3, 0.4) is 0 Å². The highest BCUT2D eigenvalue weighted by Crippen LogP contribution is 2.10. The summed E-state index contributed by atoms with van der Waals surface area (Å²) in [4.78, 5) is 38.0. The van der Waals surface area contributed by atoms with E-state index < -0.39 is 12.1 Å². The lowest BCUT2D eigenvalue weighted by atomic mass is 10.1. The number of esters is 3. The number of allylic oxidation sites excluding steroid dienone is 24. The van der Waals surface area contributed by atoms with Crippen LogP contribution < -0.4 is 0 Å². The monoisotopic (exact) mass is 951 g/mol. The van der Waals surface area contributed by atoms with Gasteiger partial charge < -0.3 is 14.2 Å². The van der Waals surface area contributed by atoms with Crippen LogP contribution in [0, 0.1) is 0 Å². The molecule has 0 fully saturated rings. The second-order valence-corrected chi connectivity index (χ2v) is 17.4. The molecule has 0 aliphatic carbocycles. The van der Waals surface area contributed by atoms with Gasteiger partial charge in [-0.1, -0.05) is 212 Å². The molecule has 0 bridgehead atoms. The molecule has 0 aromatic rings. The van der Waals surface area contributed by atoms with Gasteiger partial charge in [0, 0.05) is 19.3 Å². The quantitative estimate of drug-likeness (QED) is 0.0262. The summed E-state index contributed by atoms with van der Waals surface area (Å²) in [5, 5.41) is 0. The third-order valence-corrected chi connectivity index (χ3v) is 10.8. The average molecular weight is 951 g/mol. The van der Waals surface area contributed by atoms with E-state index in [4.69, 9.17) is 14.2 Å². The van der Waals surface area contributed by atoms with Gasteiger partial charge in [0.15, 0.2) is 6.10 Å². The zero-order valence-corrected chi connectivity index (χ0v) is 44.0. The van der Waals surface area contributed by atoms with E-state index >= 15 is 0 Å². The van der Waals surface area contributed by atoms with E-state index in [-0.39, 0.29) is 44.4 Å². The van der Waals surface area contributed by atoms with Gasteiger partial charge in [-0.15, -0.1) is 0 Å². The smallest absolute Gasteiger partial charge is 0.306 e. The van der Waals surface area contributed by atoms with Crippen LogP contribution in [0.4, 0.5) is 0 Å². The summed E-state index contributed by atoms with van der Waals surface area (Å²) in [5.41, 5.74) is 0. The van der Waals surface area contributed by atoms with Crippen molar-refractivity contribution in [1.82, 2.24) is 0 Å². The maximum absolute atomic E-state index is 12.8. The van der Waals surface area contributed by atoms with Gasteiger partial charge in [-0.2, -0.15) is 0 Å². The lowest BCUT2D eigenvalue weighted by Gasteiger charge is -2.18. The standard InChI is InChI=1S/C63H98O6/c1-4-7-10-13-16-19-22-25-28-30-31-33-35-38-41-44-47-50-53-56-62(65)68-59-60(58-67-61(64)55-52-49-46-43-40-37-34-27-24-21-18-15-12-9-6-3)69-63(66)57-54-51-48-45-42-39-36-32-29-26-23-20-17-14-11-8-5-2/h7,10,16,18-19,21,25-29,31,33-34,36,38-41,43,45,47-48,50,60H,4-6,8-9,11-15,17,20,22-24,30,32,35,37,42,44,46,49,51-59H2,1-3H3/b10-7-,19-16-,21-18-,28-25-,29-26-,33-31-,34-27-,39-36-,41-38-,43-40-,48-45-,50-47-/t60-/m0/s1. The molecule has 69 heavy (non-hydrogen) atoms. The van der Waals surface area contributed by atoms with Gasteiger partial charge in [0.25, 0.3) is 0 Å². The van der Waals surface area contributed by atoms with E-state index in [2.05, 4.69) is 154 Å². The molecule has 0 radical (unpaired) electrons. The number of ether oxygens (including phenoxy) is 3. The zero-order valence-electron chi connectivity index (χ0n) is 44.0. The predicted octanol–water partition coefficient (Wildman–Crippen LogP) is 18.4. The fourth-order valence-electron chi connectivity index (χ4n) is 6.72. The topological polar surface area (TPSA) is 78.9 Å². The van der Waals surface area contributed by atoms with Gasteiger partial charge in [0.2, 0.25) is 0 Å². The first-order valence-electron chi connectivity index (χ1n) is 27.3. The molecule has 0 aromatic heterocycles. The fourth-order valence-corrected chi connectivity index (χ4v) is 6.72. The first-order chi connectivity index (χ1) is 34.0. The SMILES string of the molecule is CC/C=C\C/C=C\C/C=C\C/C=C\C/C=C\C/C=C\CCC(=O)OC[C@H](COC(=O)CCCC/C=C\C/C=C\C/C=C\CCCCC)OC(=O)CCC/C=C\C/C=C\C/C=C\CCCCCCCC. The molecule has 0 spiro atoms. The number of rotatable bonds is 47. The van der Waals surface area contributed by atoms with Gasteiger partial charge in [0.1, 0.15) is 13.2 Å². The Morgan fingerprint density at radius 1 is 0.304 bits per heavy atom. The van der Waals surface area contributed by atoms with Crippen LogP contribution in [0.5, 0.6) is 0 Å². The number of hydrogen-bond acceptors (Lipinski definition) is 6. The van der Waals surface area contributed by atoms with Gasteiger partial charge in [-0.25, -0.2) is 0 Å². The normalized spacial score (nSPS) is 13.3. The molecule has 0 aromatic carbocycles. The summed E-state index contributed by atoms with van der Waals surface area (Å²) >= 11 is 0. The van der Waals surface area contributed by atoms with Crippen molar-refractivity contribution in [1.29, 1.82) is 0 Å². The van der Waals surface area contributed by atoms with Crippen molar-refractivity contribution in [2.75, 3.05) is 13.2 Å². The summed E-state index contributed by atoms with van der Waals surface area (Å²) in [6.07, 6.45) is 79.9. The molecular formula is C63H98O6. The Kier molecular flexibility index (Phi) is 52.1. The number of hydrogen-bond donors (Lipinski definition) is 0. The first kappa shape index (κ1) is 64.3. The molecule has 0 aliphatic heterocycles. The van der Waals surface area contributed by atoms with E-state index in [1.54, 1.807) is 0 Å². The largest absolute Gasteiger partial charge is 0.462 e. The summed E-state index contributed by atoms with van der Waals surface area (Å²) in [7, 11) is 0. The summed E-state index contributed by atoms with van der Waals surface area (Å²) in [5.74, 6) is -1.13. The molecule has 0 heterocycles. The van der Waals surface area contributed by atoms with Crippen LogP contribution in [0.25, 0.3) is 0 Å². The molecule has 0 unspecified atom stereocenters. The molecule has 6 nitrogen and oxygen atoms in total. The minimum absolute atomic E-state index is 0.147. The van der Waals surface area contributed by atoms with Crippen molar-refractivity contribution in [3.05, 3.63) is 146 Å². The lowest BCUT2D eigenvalue weighted by Crippen LogP contribution is -2.30. The van der Waals surface area contributed by atoms with Crippen molar-refractivity contribution < 1.29 is 28.6 Å². The Labute approximate surface area is 423 Å². The van der Waals surface area contributed by atoms with Crippen molar-refractivity contribution in [2.24, 2.45) is 0 Å². The minimum Gasteiger partial charge on any atom is -0.462 e. The number of unbranched alkanes of at least 4 members (excludes halogenated alkanes) is 12. The van der Waals surface area contributed by atoms with Crippen molar-refractivity contribution >= 4 is 17.9 Å². The Morgan fingerprint density at radius 3 is 1.04 bits per heavy atom. The van der Waals surface area contributed by atoms with Crippen LogP contribution in [0.2, 0.25) is 0 Å². The van der Waals surface area contributed by atoms with E-state index in [1.165, 1.54) is 70.6 Å². The molecular weight excluding hydrogens is 853 g/mol. The first-order valence-corrected chi connectivity index (χ1v) is 27.3. The van der Waals surface area contributed by atoms with Crippen molar-refractivity contribution in [3.63, 3.8) is 0 Å². The highest BCUT2D eigenvalue weighted by molar-refractivity contribution is 5.71. The molecule has 0 rings (SSSR count). The number of carbonyl (C=O) groups excluding carboxylic acids is 3. The van der Waals surface area contributed by atoms with Gasteiger partial charge in [-0.3, -0.25) is 14.4 Å². The third kappa shape index (κ3) is 54.1. The van der Waals surface area contributed by atoms with Gasteiger partial charge >= 0.3 is 17.9 Å². The molecule has 0 N–H and O–H groups in total. The highest BCUT2D eigenvalue weighted by atomic mass is 16.6. The molecule has 0 saturated heterocycles. The Morgan fingerprint density at radius 2 is 0.609 bits per heavy atom. The fraction of sp³-hybridized carbons (Fsp3) is 0.571. The molecule has 0 amide bonds. The summed E-state index contributed by atoms with van der Waals surface area (Å²) < 4.78 is 16.7. The Hall–Kier alpha value is -4.71. The maximum Gasteiger partial charge on any atom is 0.306 e. The number of carbonyl (C=O) groups is 3.